The molecule has 2 unspecified atom stereocenters. The molecular formula is C38H44FN5O5. The molecule has 2 N–H and O–H groups in total. The number of alkyl carbamates (subject to hydrolysis) is 1. The van der Waals surface area contributed by atoms with Crippen molar-refractivity contribution in [2.24, 2.45) is 0 Å². The number of ether oxygens (including phenoxy) is 2. The highest BCUT2D eigenvalue weighted by atomic mass is 19.1. The number of rotatable bonds is 7. The van der Waals surface area contributed by atoms with Gasteiger partial charge in [0.2, 0.25) is 5.43 Å². The molecule has 1 aromatic heterocycles. The molecule has 11 heteroatoms. The third-order valence-electron chi connectivity index (χ3n) is 9.79. The molecule has 258 valence electrons. The van der Waals surface area contributed by atoms with E-state index in [1.54, 1.807) is 31.5 Å². The number of piperidine rings is 1. The van der Waals surface area contributed by atoms with Gasteiger partial charge in [-0.3, -0.25) is 9.59 Å². The standard InChI is InChI=1S/C38H44FN5O5/c1-23-10-7-8-15-42(23)16-9-14-40-36(46)28-22-44-30-18-24-11-5-6-12-25(24)19-31(30)48-35-32(44)27(34(28)45)20-29(39)33(35)43-17-13-26(21-43)41-37(47)49-38(2,3)4/h5-6,11-12,18-20,22-23,26H,7-10,13-17,21H2,1-4H3,(H,40,46)(H,41,47). The normalized spacial score (nSPS) is 19.1. The van der Waals surface area contributed by atoms with E-state index in [9.17, 15) is 14.4 Å². The van der Waals surface area contributed by atoms with Gasteiger partial charge in [-0.05, 0) is 88.9 Å². The fraction of sp³-hybridized carbons (Fsp3) is 0.447. The topological polar surface area (TPSA) is 105 Å². The van der Waals surface area contributed by atoms with Gasteiger partial charge in [-0.1, -0.05) is 30.7 Å². The lowest BCUT2D eigenvalue weighted by Crippen LogP contribution is -2.40. The molecule has 0 aliphatic carbocycles. The summed E-state index contributed by atoms with van der Waals surface area (Å²) in [5.74, 6) is -0.442. The van der Waals surface area contributed by atoms with Gasteiger partial charge in [-0.15, -0.1) is 0 Å². The number of halogens is 1. The number of carbonyl (C=O) groups excluding carboxylic acids is 2. The summed E-state index contributed by atoms with van der Waals surface area (Å²) < 4.78 is 30.0. The number of amides is 2. The molecule has 4 heterocycles. The van der Waals surface area contributed by atoms with Gasteiger partial charge < -0.3 is 34.5 Å². The summed E-state index contributed by atoms with van der Waals surface area (Å²) >= 11 is 0. The fourth-order valence-electron chi connectivity index (χ4n) is 7.37. The van der Waals surface area contributed by atoms with Crippen LogP contribution in [0.4, 0.5) is 14.9 Å². The Morgan fingerprint density at radius 3 is 2.59 bits per heavy atom. The second-order valence-electron chi connectivity index (χ2n) is 14.5. The highest BCUT2D eigenvalue weighted by molar-refractivity contribution is 6.02. The van der Waals surface area contributed by atoms with Crippen LogP contribution in [0, 0.1) is 5.82 Å². The first kappa shape index (κ1) is 32.9. The number of likely N-dealkylation sites (tertiary alicyclic amines) is 1. The van der Waals surface area contributed by atoms with E-state index in [1.807, 2.05) is 41.3 Å². The third-order valence-corrected chi connectivity index (χ3v) is 9.79. The average Bonchev–Trinajstić information content (AvgIpc) is 3.50. The molecule has 3 aliphatic rings. The Kier molecular flexibility index (Phi) is 8.73. The third kappa shape index (κ3) is 6.56. The van der Waals surface area contributed by atoms with Gasteiger partial charge in [-0.2, -0.15) is 0 Å². The Hall–Kier alpha value is -4.64. The number of hydrogen-bond donors (Lipinski definition) is 2. The monoisotopic (exact) mass is 669 g/mol. The molecule has 2 fully saturated rings. The number of nitrogens with one attached hydrogen (secondary N) is 2. The molecule has 2 amide bonds. The van der Waals surface area contributed by atoms with E-state index in [0.717, 1.165) is 30.3 Å². The molecule has 3 aliphatic heterocycles. The van der Waals surface area contributed by atoms with Crippen molar-refractivity contribution in [1.29, 1.82) is 0 Å². The van der Waals surface area contributed by atoms with E-state index in [0.29, 0.717) is 49.1 Å². The molecule has 2 saturated heterocycles. The van der Waals surface area contributed by atoms with Crippen LogP contribution in [-0.4, -0.2) is 71.9 Å². The van der Waals surface area contributed by atoms with Gasteiger partial charge in [0.25, 0.3) is 5.91 Å². The minimum atomic E-state index is -0.645. The predicted octanol–water partition coefficient (Wildman–Crippen LogP) is 6.49. The Balaban J connectivity index is 1.24. The molecule has 7 rings (SSSR count). The van der Waals surface area contributed by atoms with Gasteiger partial charge in [0.1, 0.15) is 22.4 Å². The number of carbonyl (C=O) groups is 2. The van der Waals surface area contributed by atoms with E-state index in [2.05, 4.69) is 22.5 Å². The Bertz CT molecular complexity index is 2000. The molecule has 0 saturated carbocycles. The van der Waals surface area contributed by atoms with Gasteiger partial charge in [0.05, 0.1) is 17.1 Å². The minimum Gasteiger partial charge on any atom is -0.451 e. The van der Waals surface area contributed by atoms with Gasteiger partial charge in [0.15, 0.2) is 17.3 Å². The summed E-state index contributed by atoms with van der Waals surface area (Å²) in [7, 11) is 0. The van der Waals surface area contributed by atoms with E-state index in [-0.39, 0.29) is 28.4 Å². The summed E-state index contributed by atoms with van der Waals surface area (Å²) in [6.07, 6.45) is 5.99. The molecule has 2 atom stereocenters. The van der Waals surface area contributed by atoms with Crippen LogP contribution in [0.5, 0.6) is 11.5 Å². The number of benzene rings is 3. The van der Waals surface area contributed by atoms with Crippen molar-refractivity contribution >= 4 is 39.4 Å². The number of aromatic nitrogens is 1. The number of hydrogen-bond acceptors (Lipinski definition) is 7. The zero-order chi connectivity index (χ0) is 34.4. The zero-order valence-electron chi connectivity index (χ0n) is 28.6. The maximum absolute atomic E-state index is 16.3. The number of fused-ring (bicyclic) bond motifs is 3. The van der Waals surface area contributed by atoms with Crippen molar-refractivity contribution in [3.05, 3.63) is 70.3 Å². The van der Waals surface area contributed by atoms with Crippen molar-refractivity contribution in [2.45, 2.75) is 77.5 Å². The van der Waals surface area contributed by atoms with Crippen LogP contribution in [0.1, 0.15) is 70.2 Å². The summed E-state index contributed by atoms with van der Waals surface area (Å²) in [5, 5.41) is 7.79. The van der Waals surface area contributed by atoms with Crippen molar-refractivity contribution in [3.8, 4) is 17.2 Å². The van der Waals surface area contributed by atoms with E-state index < -0.39 is 28.8 Å². The van der Waals surface area contributed by atoms with Crippen molar-refractivity contribution in [1.82, 2.24) is 20.1 Å². The number of pyridine rings is 1. The molecule has 49 heavy (non-hydrogen) atoms. The first-order valence-corrected chi connectivity index (χ1v) is 17.4. The quantitative estimate of drug-likeness (QED) is 0.191. The number of anilines is 1. The maximum Gasteiger partial charge on any atom is 0.407 e. The molecule has 0 radical (unpaired) electrons. The Labute approximate surface area is 285 Å². The van der Waals surface area contributed by atoms with Crippen LogP contribution < -0.4 is 25.7 Å². The minimum absolute atomic E-state index is 0.0549. The van der Waals surface area contributed by atoms with Crippen molar-refractivity contribution in [2.75, 3.05) is 37.6 Å². The highest BCUT2D eigenvalue weighted by Crippen LogP contribution is 2.48. The van der Waals surface area contributed by atoms with Crippen molar-refractivity contribution < 1.29 is 23.5 Å². The molecule has 3 aromatic carbocycles. The summed E-state index contributed by atoms with van der Waals surface area (Å²) in [6, 6.07) is 13.2. The average molecular weight is 670 g/mol. The van der Waals surface area contributed by atoms with Crippen LogP contribution in [-0.2, 0) is 4.74 Å². The SMILES string of the molecule is CC1CCCCN1CCCNC(=O)c1cn2c3c(c(N4CCC(NC(=O)OC(C)(C)C)C4)c(F)cc3c1=O)Oc1cc3ccccc3cc1-2. The molecule has 0 bridgehead atoms. The summed E-state index contributed by atoms with van der Waals surface area (Å²) in [4.78, 5) is 44.3. The first-order chi connectivity index (χ1) is 23.5. The van der Waals surface area contributed by atoms with E-state index in [4.69, 9.17) is 9.47 Å². The van der Waals surface area contributed by atoms with Crippen LogP contribution in [0.15, 0.2) is 53.5 Å². The van der Waals surface area contributed by atoms with Crippen LogP contribution in [0.25, 0.3) is 27.4 Å². The Morgan fingerprint density at radius 1 is 1.06 bits per heavy atom. The predicted molar refractivity (Wildman–Crippen MR) is 189 cm³/mol. The molecule has 0 spiro atoms. The van der Waals surface area contributed by atoms with Gasteiger partial charge in [0, 0.05) is 38.4 Å². The van der Waals surface area contributed by atoms with Gasteiger partial charge in [-0.25, -0.2) is 9.18 Å². The summed E-state index contributed by atoms with van der Waals surface area (Å²) in [5.41, 5.74) is -0.0130. The van der Waals surface area contributed by atoms with E-state index in [1.165, 1.54) is 25.3 Å². The molecule has 10 nitrogen and oxygen atoms in total. The zero-order valence-corrected chi connectivity index (χ0v) is 28.6. The van der Waals surface area contributed by atoms with Crippen LogP contribution in [0.2, 0.25) is 0 Å². The second-order valence-corrected chi connectivity index (χ2v) is 14.5. The lowest BCUT2D eigenvalue weighted by Gasteiger charge is -2.33. The number of nitrogens with zero attached hydrogens (tertiary/aromatic N) is 3. The molecular weight excluding hydrogens is 625 g/mol. The Morgan fingerprint density at radius 2 is 1.84 bits per heavy atom. The van der Waals surface area contributed by atoms with Crippen LogP contribution >= 0.6 is 0 Å². The lowest BCUT2D eigenvalue weighted by atomic mass is 10.0. The highest BCUT2D eigenvalue weighted by Gasteiger charge is 2.34. The fourth-order valence-corrected chi connectivity index (χ4v) is 7.37. The maximum atomic E-state index is 16.3. The smallest absolute Gasteiger partial charge is 0.407 e. The van der Waals surface area contributed by atoms with E-state index >= 15 is 4.39 Å². The largest absolute Gasteiger partial charge is 0.451 e. The van der Waals surface area contributed by atoms with Gasteiger partial charge >= 0.3 is 6.09 Å². The van der Waals surface area contributed by atoms with Crippen molar-refractivity contribution in [3.63, 3.8) is 0 Å². The van der Waals surface area contributed by atoms with Crippen LogP contribution in [0.3, 0.4) is 0 Å². The summed E-state index contributed by atoms with van der Waals surface area (Å²) in [6.45, 7) is 10.8. The molecule has 4 aromatic rings. The lowest BCUT2D eigenvalue weighted by molar-refractivity contribution is 0.0508. The first-order valence-electron chi connectivity index (χ1n) is 17.4. The second kappa shape index (κ2) is 13.0.